The zero-order chi connectivity index (χ0) is 15.0. The molecule has 3 N–H and O–H groups in total. The summed E-state index contributed by atoms with van der Waals surface area (Å²) in [6.45, 7) is 5.09. The van der Waals surface area contributed by atoms with E-state index in [4.69, 9.17) is 5.73 Å². The molecule has 3 rings (SSSR count). The summed E-state index contributed by atoms with van der Waals surface area (Å²) in [5.74, 6) is 1.25. The summed E-state index contributed by atoms with van der Waals surface area (Å²) >= 11 is 0. The van der Waals surface area contributed by atoms with Crippen molar-refractivity contribution in [1.29, 1.82) is 0 Å². The molecule has 1 aliphatic carbocycles. The van der Waals surface area contributed by atoms with E-state index >= 15 is 0 Å². The fraction of sp³-hybridized carbons (Fsp3) is 0.500. The number of carbonyl (C=O) groups is 1. The summed E-state index contributed by atoms with van der Waals surface area (Å²) < 4.78 is 2.13. The van der Waals surface area contributed by atoms with Crippen molar-refractivity contribution in [3.05, 3.63) is 30.1 Å². The zero-order valence-electron chi connectivity index (χ0n) is 12.6. The molecule has 5 heteroatoms. The number of nitrogens with one attached hydrogen (secondary N) is 1. The number of hydrogen-bond donors (Lipinski definition) is 2. The van der Waals surface area contributed by atoms with E-state index in [0.29, 0.717) is 19.0 Å². The molecule has 0 spiro atoms. The summed E-state index contributed by atoms with van der Waals surface area (Å²) in [7, 11) is 0. The lowest BCUT2D eigenvalue weighted by Gasteiger charge is -2.23. The Balaban J connectivity index is 1.64. The first-order valence-corrected chi connectivity index (χ1v) is 7.49. The first-order valence-electron chi connectivity index (χ1n) is 7.49. The molecule has 1 atom stereocenters. The van der Waals surface area contributed by atoms with Crippen LogP contribution < -0.4 is 11.1 Å². The molecule has 1 amide bonds. The number of para-hydroxylation sites is 2. The van der Waals surface area contributed by atoms with Crippen LogP contribution in [0, 0.1) is 12.8 Å². The molecule has 0 radical (unpaired) electrons. The number of imidazole rings is 1. The molecule has 0 saturated heterocycles. The van der Waals surface area contributed by atoms with Gasteiger partial charge in [0.15, 0.2) is 0 Å². The number of hydrogen-bond acceptors (Lipinski definition) is 3. The number of benzene rings is 1. The van der Waals surface area contributed by atoms with Crippen LogP contribution in [0.2, 0.25) is 0 Å². The highest BCUT2D eigenvalue weighted by molar-refractivity contribution is 5.86. The maximum Gasteiger partial charge on any atom is 0.240 e. The van der Waals surface area contributed by atoms with Gasteiger partial charge in [-0.25, -0.2) is 4.98 Å². The van der Waals surface area contributed by atoms with E-state index in [9.17, 15) is 4.79 Å². The van der Waals surface area contributed by atoms with Crippen LogP contribution >= 0.6 is 0 Å². The topological polar surface area (TPSA) is 72.9 Å². The maximum absolute atomic E-state index is 12.2. The van der Waals surface area contributed by atoms with E-state index in [1.807, 2.05) is 32.0 Å². The average molecular weight is 286 g/mol. The van der Waals surface area contributed by atoms with Gasteiger partial charge in [0.05, 0.1) is 16.6 Å². The highest BCUT2D eigenvalue weighted by Crippen LogP contribution is 2.38. The number of carbonyl (C=O) groups excluding carboxylic acids is 1. The largest absolute Gasteiger partial charge is 0.353 e. The van der Waals surface area contributed by atoms with Gasteiger partial charge in [0, 0.05) is 13.1 Å². The summed E-state index contributed by atoms with van der Waals surface area (Å²) in [6.07, 6.45) is 2.12. The van der Waals surface area contributed by atoms with Crippen LogP contribution in [-0.2, 0) is 11.3 Å². The van der Waals surface area contributed by atoms with E-state index < -0.39 is 5.54 Å². The predicted molar refractivity (Wildman–Crippen MR) is 82.8 cm³/mol. The van der Waals surface area contributed by atoms with Crippen molar-refractivity contribution < 1.29 is 4.79 Å². The first kappa shape index (κ1) is 14.1. The number of aryl methyl sites for hydroxylation is 1. The lowest BCUT2D eigenvalue weighted by molar-refractivity contribution is -0.126. The van der Waals surface area contributed by atoms with Crippen molar-refractivity contribution in [3.8, 4) is 0 Å². The molecule has 21 heavy (non-hydrogen) atoms. The van der Waals surface area contributed by atoms with Crippen LogP contribution in [0.1, 0.15) is 25.6 Å². The second-order valence-electron chi connectivity index (χ2n) is 6.11. The zero-order valence-corrected chi connectivity index (χ0v) is 12.6. The van der Waals surface area contributed by atoms with Crippen molar-refractivity contribution in [1.82, 2.24) is 14.9 Å². The van der Waals surface area contributed by atoms with Crippen molar-refractivity contribution in [3.63, 3.8) is 0 Å². The fourth-order valence-electron chi connectivity index (χ4n) is 2.82. The number of nitrogens with two attached hydrogens (primary N) is 1. The van der Waals surface area contributed by atoms with Crippen molar-refractivity contribution >= 4 is 16.9 Å². The highest BCUT2D eigenvalue weighted by Gasteiger charge is 2.43. The molecular weight excluding hydrogens is 264 g/mol. The Morgan fingerprint density at radius 3 is 2.90 bits per heavy atom. The highest BCUT2D eigenvalue weighted by atomic mass is 16.2. The third-order valence-electron chi connectivity index (χ3n) is 4.38. The minimum Gasteiger partial charge on any atom is -0.353 e. The number of fused-ring (bicyclic) bond motifs is 1. The third kappa shape index (κ3) is 2.65. The molecule has 0 bridgehead atoms. The van der Waals surface area contributed by atoms with Crippen molar-refractivity contribution in [2.75, 3.05) is 6.54 Å². The Hall–Kier alpha value is -1.88. The van der Waals surface area contributed by atoms with Crippen molar-refractivity contribution in [2.45, 2.75) is 38.8 Å². The van der Waals surface area contributed by atoms with E-state index in [1.165, 1.54) is 0 Å². The Bertz CT molecular complexity index is 670. The molecule has 1 aromatic heterocycles. The van der Waals surface area contributed by atoms with Gasteiger partial charge in [0.25, 0.3) is 0 Å². The second-order valence-corrected chi connectivity index (χ2v) is 6.11. The normalized spacial score (nSPS) is 17.7. The van der Waals surface area contributed by atoms with E-state index in [2.05, 4.69) is 20.9 Å². The second kappa shape index (κ2) is 5.15. The van der Waals surface area contributed by atoms with Crippen LogP contribution in [0.25, 0.3) is 11.0 Å². The summed E-state index contributed by atoms with van der Waals surface area (Å²) in [4.78, 5) is 16.7. The molecule has 0 aliphatic heterocycles. The predicted octanol–water partition coefficient (Wildman–Crippen LogP) is 1.59. The lowest BCUT2D eigenvalue weighted by Crippen LogP contribution is -2.53. The van der Waals surface area contributed by atoms with Gasteiger partial charge in [-0.05, 0) is 44.7 Å². The smallest absolute Gasteiger partial charge is 0.240 e. The van der Waals surface area contributed by atoms with Gasteiger partial charge < -0.3 is 15.6 Å². The first-order chi connectivity index (χ1) is 10.00. The van der Waals surface area contributed by atoms with E-state index in [1.54, 1.807) is 0 Å². The molecule has 1 aromatic carbocycles. The number of aromatic nitrogens is 2. The number of amides is 1. The monoisotopic (exact) mass is 286 g/mol. The molecule has 1 saturated carbocycles. The summed E-state index contributed by atoms with van der Waals surface area (Å²) in [5.41, 5.74) is 7.47. The molecule has 1 aliphatic rings. The minimum atomic E-state index is -0.730. The molecular formula is C16H22N4O. The van der Waals surface area contributed by atoms with Gasteiger partial charge in [-0.15, -0.1) is 0 Å². The molecule has 112 valence electrons. The van der Waals surface area contributed by atoms with Crippen LogP contribution in [0.5, 0.6) is 0 Å². The van der Waals surface area contributed by atoms with Crippen LogP contribution in [0.3, 0.4) is 0 Å². The standard InChI is InChI=1S/C16H22N4O/c1-11-19-13-5-3-4-6-14(13)20(11)10-9-18-15(21)16(2,17)12-7-8-12/h3-6,12H,7-10,17H2,1-2H3,(H,18,21). The molecule has 5 nitrogen and oxygen atoms in total. The van der Waals surface area contributed by atoms with Crippen molar-refractivity contribution in [2.24, 2.45) is 11.7 Å². The summed E-state index contributed by atoms with van der Waals surface area (Å²) in [5, 5.41) is 2.96. The van der Waals surface area contributed by atoms with Gasteiger partial charge >= 0.3 is 0 Å². The number of rotatable bonds is 5. The average Bonchev–Trinajstić information content (AvgIpc) is 3.25. The molecule has 1 fully saturated rings. The Morgan fingerprint density at radius 1 is 1.48 bits per heavy atom. The minimum absolute atomic E-state index is 0.0490. The third-order valence-corrected chi connectivity index (χ3v) is 4.38. The Kier molecular flexibility index (Phi) is 3.45. The molecule has 1 heterocycles. The quantitative estimate of drug-likeness (QED) is 0.876. The Morgan fingerprint density at radius 2 is 2.19 bits per heavy atom. The van der Waals surface area contributed by atoms with Gasteiger partial charge in [0.1, 0.15) is 5.82 Å². The van der Waals surface area contributed by atoms with E-state index in [0.717, 1.165) is 29.7 Å². The van der Waals surface area contributed by atoms with Crippen LogP contribution in [0.4, 0.5) is 0 Å². The summed E-state index contributed by atoms with van der Waals surface area (Å²) in [6, 6.07) is 8.04. The fourth-order valence-corrected chi connectivity index (χ4v) is 2.82. The number of nitrogens with zero attached hydrogens (tertiary/aromatic N) is 2. The van der Waals surface area contributed by atoms with Gasteiger partial charge in [-0.2, -0.15) is 0 Å². The SMILES string of the molecule is Cc1nc2ccccc2n1CCNC(=O)C(C)(N)C1CC1. The van der Waals surface area contributed by atoms with Crippen LogP contribution in [0.15, 0.2) is 24.3 Å². The lowest BCUT2D eigenvalue weighted by atomic mass is 9.96. The molecule has 1 unspecified atom stereocenters. The van der Waals surface area contributed by atoms with Gasteiger partial charge in [-0.3, -0.25) is 4.79 Å². The van der Waals surface area contributed by atoms with Crippen LogP contribution in [-0.4, -0.2) is 27.5 Å². The van der Waals surface area contributed by atoms with E-state index in [-0.39, 0.29) is 5.91 Å². The van der Waals surface area contributed by atoms with Gasteiger partial charge in [0.2, 0.25) is 5.91 Å². The molecule has 2 aromatic rings. The van der Waals surface area contributed by atoms with Gasteiger partial charge in [-0.1, -0.05) is 12.1 Å². The maximum atomic E-state index is 12.2. The Labute approximate surface area is 124 Å².